The Labute approximate surface area is 163 Å². The van der Waals surface area contributed by atoms with Gasteiger partial charge in [0.1, 0.15) is 0 Å². The number of ether oxygens (including phenoxy) is 3. The monoisotopic (exact) mass is 389 g/mol. The number of benzene rings is 2. The molecule has 0 aliphatic carbocycles. The molecule has 0 saturated carbocycles. The van der Waals surface area contributed by atoms with Crippen molar-refractivity contribution >= 4 is 23.6 Å². The van der Waals surface area contributed by atoms with Crippen LogP contribution < -0.4 is 14.8 Å². The normalized spacial score (nSPS) is 10.1. The topological polar surface area (TPSA) is 73.9 Å². The molecule has 0 radical (unpaired) electrons. The van der Waals surface area contributed by atoms with Crippen molar-refractivity contribution in [1.29, 1.82) is 0 Å². The van der Waals surface area contributed by atoms with Gasteiger partial charge in [0.15, 0.2) is 18.1 Å². The Hall–Kier alpha value is -2.67. The van der Waals surface area contributed by atoms with Gasteiger partial charge in [-0.1, -0.05) is 18.2 Å². The molecule has 0 bridgehead atoms. The zero-order valence-electron chi connectivity index (χ0n) is 15.4. The number of carbonyl (C=O) groups excluding carboxylic acids is 2. The fourth-order valence-electron chi connectivity index (χ4n) is 2.23. The molecule has 0 fully saturated rings. The van der Waals surface area contributed by atoms with Crippen molar-refractivity contribution in [2.75, 3.05) is 33.1 Å². The average Bonchev–Trinajstić information content (AvgIpc) is 2.72. The predicted octanol–water partition coefficient (Wildman–Crippen LogP) is 3.16. The van der Waals surface area contributed by atoms with E-state index in [1.165, 1.54) is 25.2 Å². The molecule has 0 heterocycles. The van der Waals surface area contributed by atoms with Gasteiger partial charge >= 0.3 is 5.97 Å². The second-order valence-electron chi connectivity index (χ2n) is 5.51. The van der Waals surface area contributed by atoms with E-state index in [4.69, 9.17) is 9.47 Å². The van der Waals surface area contributed by atoms with Gasteiger partial charge in [-0.15, -0.1) is 11.8 Å². The highest BCUT2D eigenvalue weighted by molar-refractivity contribution is 7.99. The largest absolute Gasteiger partial charge is 0.493 e. The molecule has 144 valence electrons. The highest BCUT2D eigenvalue weighted by Crippen LogP contribution is 2.28. The lowest BCUT2D eigenvalue weighted by atomic mass is 10.2. The number of carbonyl (C=O) groups is 2. The summed E-state index contributed by atoms with van der Waals surface area (Å²) in [5.41, 5.74) is 0.349. The van der Waals surface area contributed by atoms with Crippen LogP contribution in [-0.4, -0.2) is 45.0 Å². The van der Waals surface area contributed by atoms with Crippen LogP contribution in [0.4, 0.5) is 0 Å². The maximum atomic E-state index is 11.9. The fraction of sp³-hybridized carbons (Fsp3) is 0.300. The highest BCUT2D eigenvalue weighted by atomic mass is 32.2. The molecule has 1 amide bonds. The Balaban J connectivity index is 1.71. The van der Waals surface area contributed by atoms with E-state index in [1.54, 1.807) is 23.9 Å². The van der Waals surface area contributed by atoms with Gasteiger partial charge in [-0.05, 0) is 42.5 Å². The molecule has 2 aromatic carbocycles. The number of nitrogens with one attached hydrogen (secondary N) is 1. The van der Waals surface area contributed by atoms with Crippen LogP contribution in [0.3, 0.4) is 0 Å². The maximum absolute atomic E-state index is 11.9. The van der Waals surface area contributed by atoms with Crippen molar-refractivity contribution in [2.45, 2.75) is 11.3 Å². The van der Waals surface area contributed by atoms with Gasteiger partial charge in [-0.25, -0.2) is 4.79 Å². The van der Waals surface area contributed by atoms with Crippen molar-refractivity contribution in [3.05, 3.63) is 54.1 Å². The van der Waals surface area contributed by atoms with E-state index in [2.05, 4.69) is 22.2 Å². The molecule has 6 nitrogen and oxygen atoms in total. The third-order valence-electron chi connectivity index (χ3n) is 3.60. The molecule has 0 spiro atoms. The van der Waals surface area contributed by atoms with Crippen molar-refractivity contribution in [3.63, 3.8) is 0 Å². The Morgan fingerprint density at radius 3 is 2.52 bits per heavy atom. The van der Waals surface area contributed by atoms with E-state index in [0.29, 0.717) is 23.6 Å². The van der Waals surface area contributed by atoms with Crippen molar-refractivity contribution in [2.24, 2.45) is 0 Å². The summed E-state index contributed by atoms with van der Waals surface area (Å²) in [7, 11) is 2.77. The second-order valence-corrected chi connectivity index (χ2v) is 6.68. The first-order valence-electron chi connectivity index (χ1n) is 8.47. The van der Waals surface area contributed by atoms with Gasteiger partial charge in [0, 0.05) is 11.4 Å². The minimum Gasteiger partial charge on any atom is -0.493 e. The van der Waals surface area contributed by atoms with E-state index < -0.39 is 5.97 Å². The molecule has 1 N–H and O–H groups in total. The maximum Gasteiger partial charge on any atom is 0.337 e. The lowest BCUT2D eigenvalue weighted by Crippen LogP contribution is -2.30. The van der Waals surface area contributed by atoms with Crippen LogP contribution in [0.2, 0.25) is 0 Å². The van der Waals surface area contributed by atoms with Crippen LogP contribution in [0.5, 0.6) is 11.5 Å². The Kier molecular flexibility index (Phi) is 8.51. The molecule has 2 aromatic rings. The van der Waals surface area contributed by atoms with Crippen LogP contribution in [-0.2, 0) is 9.53 Å². The van der Waals surface area contributed by atoms with Crippen LogP contribution in [0.25, 0.3) is 0 Å². The summed E-state index contributed by atoms with van der Waals surface area (Å²) in [6, 6.07) is 14.8. The summed E-state index contributed by atoms with van der Waals surface area (Å²) in [5.74, 6) is 1.00. The molecular weight excluding hydrogens is 366 g/mol. The summed E-state index contributed by atoms with van der Waals surface area (Å²) in [6.45, 7) is 0.459. The van der Waals surface area contributed by atoms with Crippen molar-refractivity contribution in [1.82, 2.24) is 5.32 Å². The minimum absolute atomic E-state index is 0.125. The standard InChI is InChI=1S/C20H23NO5S/c1-24-18-13-15(20(23)25-2)9-10-17(18)26-14-19(22)21-11-6-12-27-16-7-4-3-5-8-16/h3-5,7-10,13H,6,11-12,14H2,1-2H3,(H,21,22). The number of esters is 1. The van der Waals surface area contributed by atoms with E-state index >= 15 is 0 Å². The van der Waals surface area contributed by atoms with Crippen LogP contribution in [0, 0.1) is 0 Å². The fourth-order valence-corrected chi connectivity index (χ4v) is 3.11. The lowest BCUT2D eigenvalue weighted by molar-refractivity contribution is -0.123. The number of thioether (sulfide) groups is 1. The first-order chi connectivity index (χ1) is 13.1. The third-order valence-corrected chi connectivity index (χ3v) is 4.70. The summed E-state index contributed by atoms with van der Waals surface area (Å²) >= 11 is 1.76. The van der Waals surface area contributed by atoms with E-state index in [0.717, 1.165) is 12.2 Å². The van der Waals surface area contributed by atoms with E-state index in [-0.39, 0.29) is 12.5 Å². The third kappa shape index (κ3) is 6.86. The Morgan fingerprint density at radius 2 is 1.81 bits per heavy atom. The molecule has 0 saturated heterocycles. The molecule has 0 aliphatic heterocycles. The number of hydrogen-bond acceptors (Lipinski definition) is 6. The summed E-state index contributed by atoms with van der Waals surface area (Å²) < 4.78 is 15.4. The lowest BCUT2D eigenvalue weighted by Gasteiger charge is -2.12. The molecule has 0 unspecified atom stereocenters. The number of hydrogen-bond donors (Lipinski definition) is 1. The Bertz CT molecular complexity index is 751. The number of rotatable bonds is 10. The van der Waals surface area contributed by atoms with Gasteiger partial charge in [0.25, 0.3) is 5.91 Å². The molecule has 0 atom stereocenters. The minimum atomic E-state index is -0.467. The first-order valence-corrected chi connectivity index (χ1v) is 9.46. The molecule has 2 rings (SSSR count). The summed E-state index contributed by atoms with van der Waals surface area (Å²) in [5, 5.41) is 2.82. The second kappa shape index (κ2) is 11.1. The van der Waals surface area contributed by atoms with E-state index in [1.807, 2.05) is 18.2 Å². The Morgan fingerprint density at radius 1 is 1.04 bits per heavy atom. The van der Waals surface area contributed by atoms with Gasteiger partial charge in [-0.3, -0.25) is 4.79 Å². The van der Waals surface area contributed by atoms with E-state index in [9.17, 15) is 9.59 Å². The zero-order chi connectivity index (χ0) is 19.5. The van der Waals surface area contributed by atoms with Gasteiger partial charge in [0.05, 0.1) is 19.8 Å². The smallest absolute Gasteiger partial charge is 0.337 e. The molecule has 7 heteroatoms. The SMILES string of the molecule is COC(=O)c1ccc(OCC(=O)NCCCSc2ccccc2)c(OC)c1. The molecule has 0 aliphatic rings. The van der Waals surface area contributed by atoms with Gasteiger partial charge < -0.3 is 19.5 Å². The summed E-state index contributed by atoms with van der Waals surface area (Å²) in [4.78, 5) is 24.7. The van der Waals surface area contributed by atoms with Crippen LogP contribution in [0.15, 0.2) is 53.4 Å². The summed E-state index contributed by atoms with van der Waals surface area (Å²) in [6.07, 6.45) is 0.864. The van der Waals surface area contributed by atoms with Crippen molar-refractivity contribution < 1.29 is 23.8 Å². The number of amides is 1. The van der Waals surface area contributed by atoms with Gasteiger partial charge in [0.2, 0.25) is 0 Å². The van der Waals surface area contributed by atoms with Crippen molar-refractivity contribution in [3.8, 4) is 11.5 Å². The molecule has 27 heavy (non-hydrogen) atoms. The van der Waals surface area contributed by atoms with Crippen LogP contribution >= 0.6 is 11.8 Å². The first kappa shape index (κ1) is 20.6. The van der Waals surface area contributed by atoms with Gasteiger partial charge in [-0.2, -0.15) is 0 Å². The molecular formula is C20H23NO5S. The predicted molar refractivity (Wildman–Crippen MR) is 105 cm³/mol. The number of methoxy groups -OCH3 is 2. The molecule has 0 aromatic heterocycles. The zero-order valence-corrected chi connectivity index (χ0v) is 16.2. The average molecular weight is 389 g/mol. The quantitative estimate of drug-likeness (QED) is 0.382. The highest BCUT2D eigenvalue weighted by Gasteiger charge is 2.12. The van der Waals surface area contributed by atoms with Crippen LogP contribution in [0.1, 0.15) is 16.8 Å².